The van der Waals surface area contributed by atoms with E-state index in [1.807, 2.05) is 30.5 Å². The zero-order valence-electron chi connectivity index (χ0n) is 15.2. The SMILES string of the molecule is c1cc(-n2cc(COC3CCCCO3)nn2)ccc1OC1CCCCC1. The van der Waals surface area contributed by atoms with Gasteiger partial charge < -0.3 is 14.2 Å². The highest BCUT2D eigenvalue weighted by molar-refractivity contribution is 5.36. The van der Waals surface area contributed by atoms with Crippen LogP contribution in [0.4, 0.5) is 0 Å². The number of benzene rings is 1. The lowest BCUT2D eigenvalue weighted by atomic mass is 9.98. The van der Waals surface area contributed by atoms with Crippen LogP contribution in [0.1, 0.15) is 57.1 Å². The summed E-state index contributed by atoms with van der Waals surface area (Å²) >= 11 is 0. The normalized spacial score (nSPS) is 21.6. The van der Waals surface area contributed by atoms with Crippen LogP contribution in [0.2, 0.25) is 0 Å². The molecule has 0 spiro atoms. The third-order valence-corrected chi connectivity index (χ3v) is 5.05. The van der Waals surface area contributed by atoms with Crippen molar-refractivity contribution in [1.82, 2.24) is 15.0 Å². The van der Waals surface area contributed by atoms with Gasteiger partial charge in [0.2, 0.25) is 0 Å². The topological polar surface area (TPSA) is 58.4 Å². The molecular weight excluding hydrogens is 330 g/mol. The molecule has 6 heteroatoms. The summed E-state index contributed by atoms with van der Waals surface area (Å²) in [4.78, 5) is 0. The Morgan fingerprint density at radius 2 is 1.81 bits per heavy atom. The fourth-order valence-electron chi connectivity index (χ4n) is 3.56. The summed E-state index contributed by atoms with van der Waals surface area (Å²) in [7, 11) is 0. The highest BCUT2D eigenvalue weighted by Crippen LogP contribution is 2.24. The Hall–Kier alpha value is -1.92. The lowest BCUT2D eigenvalue weighted by Crippen LogP contribution is -2.22. The van der Waals surface area contributed by atoms with Gasteiger partial charge in [0.1, 0.15) is 11.4 Å². The van der Waals surface area contributed by atoms with E-state index in [0.29, 0.717) is 12.7 Å². The smallest absolute Gasteiger partial charge is 0.158 e. The lowest BCUT2D eigenvalue weighted by molar-refractivity contribution is -0.169. The van der Waals surface area contributed by atoms with E-state index in [9.17, 15) is 0 Å². The monoisotopic (exact) mass is 357 g/mol. The second-order valence-electron chi connectivity index (χ2n) is 7.13. The molecule has 0 radical (unpaired) electrons. The van der Waals surface area contributed by atoms with Gasteiger partial charge in [-0.25, -0.2) is 4.68 Å². The number of hydrogen-bond donors (Lipinski definition) is 0. The zero-order valence-corrected chi connectivity index (χ0v) is 15.2. The molecule has 2 aromatic rings. The fourth-order valence-corrected chi connectivity index (χ4v) is 3.56. The molecule has 1 unspecified atom stereocenters. The van der Waals surface area contributed by atoms with Gasteiger partial charge in [0.15, 0.2) is 6.29 Å². The van der Waals surface area contributed by atoms with E-state index in [1.165, 1.54) is 32.1 Å². The van der Waals surface area contributed by atoms with Crippen molar-refractivity contribution >= 4 is 0 Å². The molecule has 1 atom stereocenters. The molecule has 1 aliphatic heterocycles. The molecule has 6 nitrogen and oxygen atoms in total. The predicted octanol–water partition coefficient (Wildman–Crippen LogP) is 4.02. The van der Waals surface area contributed by atoms with E-state index in [4.69, 9.17) is 14.2 Å². The molecule has 1 aromatic heterocycles. The minimum atomic E-state index is -0.106. The standard InChI is InChI=1S/C20H27N3O3/c1-2-6-18(7-3-1)26-19-11-9-17(10-12-19)23-14-16(21-22-23)15-25-20-8-4-5-13-24-20/h9-12,14,18,20H,1-8,13,15H2. The van der Waals surface area contributed by atoms with E-state index in [0.717, 1.165) is 43.0 Å². The minimum absolute atomic E-state index is 0.106. The molecule has 2 fully saturated rings. The van der Waals surface area contributed by atoms with Crippen LogP contribution in [0.15, 0.2) is 30.5 Å². The number of nitrogens with zero attached hydrogens (tertiary/aromatic N) is 3. The Kier molecular flexibility index (Phi) is 5.82. The summed E-state index contributed by atoms with van der Waals surface area (Å²) < 4.78 is 19.2. The number of hydrogen-bond acceptors (Lipinski definition) is 5. The van der Waals surface area contributed by atoms with Crippen molar-refractivity contribution in [2.45, 2.75) is 70.4 Å². The van der Waals surface area contributed by atoms with Crippen LogP contribution in [-0.2, 0) is 16.1 Å². The number of aromatic nitrogens is 3. The first kappa shape index (κ1) is 17.5. The van der Waals surface area contributed by atoms with E-state index in [1.54, 1.807) is 4.68 Å². The largest absolute Gasteiger partial charge is 0.490 e. The molecule has 1 aromatic carbocycles. The van der Waals surface area contributed by atoms with E-state index < -0.39 is 0 Å². The van der Waals surface area contributed by atoms with Gasteiger partial charge in [0.05, 0.1) is 24.6 Å². The summed E-state index contributed by atoms with van der Waals surface area (Å²) in [6.45, 7) is 1.21. The van der Waals surface area contributed by atoms with Gasteiger partial charge in [0.25, 0.3) is 0 Å². The molecule has 0 bridgehead atoms. The van der Waals surface area contributed by atoms with Gasteiger partial charge in [-0.3, -0.25) is 0 Å². The molecule has 140 valence electrons. The van der Waals surface area contributed by atoms with Crippen molar-refractivity contribution in [3.05, 3.63) is 36.2 Å². The number of rotatable bonds is 6. The van der Waals surface area contributed by atoms with Crippen LogP contribution < -0.4 is 4.74 Å². The van der Waals surface area contributed by atoms with E-state index >= 15 is 0 Å². The molecule has 0 N–H and O–H groups in total. The molecule has 2 aliphatic rings. The Bertz CT molecular complexity index is 674. The summed E-state index contributed by atoms with van der Waals surface area (Å²) in [6, 6.07) is 8.05. The van der Waals surface area contributed by atoms with Gasteiger partial charge in [-0.1, -0.05) is 11.6 Å². The van der Waals surface area contributed by atoms with Crippen molar-refractivity contribution in [2.75, 3.05) is 6.61 Å². The molecule has 26 heavy (non-hydrogen) atoms. The first-order chi connectivity index (χ1) is 12.9. The molecule has 0 amide bonds. The highest BCUT2D eigenvalue weighted by Gasteiger charge is 2.16. The maximum Gasteiger partial charge on any atom is 0.158 e. The third kappa shape index (κ3) is 4.62. The lowest BCUT2D eigenvalue weighted by Gasteiger charge is -2.23. The first-order valence-corrected chi connectivity index (χ1v) is 9.78. The molecule has 1 aliphatic carbocycles. The average molecular weight is 357 g/mol. The van der Waals surface area contributed by atoms with Crippen LogP contribution >= 0.6 is 0 Å². The second-order valence-corrected chi connectivity index (χ2v) is 7.13. The Morgan fingerprint density at radius 1 is 1.00 bits per heavy atom. The van der Waals surface area contributed by atoms with Crippen molar-refractivity contribution in [2.24, 2.45) is 0 Å². The summed E-state index contributed by atoms with van der Waals surface area (Å²) in [5.41, 5.74) is 1.77. The summed E-state index contributed by atoms with van der Waals surface area (Å²) in [6.07, 6.45) is 11.6. The molecule has 2 heterocycles. The van der Waals surface area contributed by atoms with Crippen molar-refractivity contribution in [1.29, 1.82) is 0 Å². The molecule has 1 saturated heterocycles. The maximum absolute atomic E-state index is 6.08. The van der Waals surface area contributed by atoms with Crippen molar-refractivity contribution in [3.8, 4) is 11.4 Å². The Labute approximate surface area is 154 Å². The Morgan fingerprint density at radius 3 is 2.58 bits per heavy atom. The zero-order chi connectivity index (χ0) is 17.6. The van der Waals surface area contributed by atoms with Crippen molar-refractivity contribution < 1.29 is 14.2 Å². The average Bonchev–Trinajstić information content (AvgIpc) is 3.18. The highest BCUT2D eigenvalue weighted by atomic mass is 16.7. The van der Waals surface area contributed by atoms with Gasteiger partial charge >= 0.3 is 0 Å². The minimum Gasteiger partial charge on any atom is -0.490 e. The van der Waals surface area contributed by atoms with Gasteiger partial charge in [0, 0.05) is 6.61 Å². The molecular formula is C20H27N3O3. The van der Waals surface area contributed by atoms with Crippen LogP contribution in [0.5, 0.6) is 5.75 Å². The quantitative estimate of drug-likeness (QED) is 0.781. The maximum atomic E-state index is 6.08. The predicted molar refractivity (Wildman–Crippen MR) is 97.2 cm³/mol. The fraction of sp³-hybridized carbons (Fsp3) is 0.600. The molecule has 4 rings (SSSR count). The third-order valence-electron chi connectivity index (χ3n) is 5.05. The van der Waals surface area contributed by atoms with Crippen LogP contribution in [0, 0.1) is 0 Å². The van der Waals surface area contributed by atoms with Crippen LogP contribution in [0.25, 0.3) is 5.69 Å². The van der Waals surface area contributed by atoms with Gasteiger partial charge in [-0.2, -0.15) is 0 Å². The summed E-state index contributed by atoms with van der Waals surface area (Å²) in [5, 5.41) is 8.39. The summed E-state index contributed by atoms with van der Waals surface area (Å²) in [5.74, 6) is 0.929. The Balaban J connectivity index is 1.31. The van der Waals surface area contributed by atoms with E-state index in [-0.39, 0.29) is 6.29 Å². The second kappa shape index (κ2) is 8.64. The first-order valence-electron chi connectivity index (χ1n) is 9.78. The molecule has 1 saturated carbocycles. The van der Waals surface area contributed by atoms with Gasteiger partial charge in [-0.15, -0.1) is 5.10 Å². The van der Waals surface area contributed by atoms with Crippen LogP contribution in [-0.4, -0.2) is 34.0 Å². The van der Waals surface area contributed by atoms with Crippen molar-refractivity contribution in [3.63, 3.8) is 0 Å². The van der Waals surface area contributed by atoms with Gasteiger partial charge in [-0.05, 0) is 69.2 Å². The van der Waals surface area contributed by atoms with E-state index in [2.05, 4.69) is 10.3 Å². The number of ether oxygens (including phenoxy) is 3. The van der Waals surface area contributed by atoms with Crippen LogP contribution in [0.3, 0.4) is 0 Å².